The van der Waals surface area contributed by atoms with E-state index >= 15 is 0 Å². The smallest absolute Gasteiger partial charge is 0.321 e. The molecule has 1 aromatic carbocycles. The highest BCUT2D eigenvalue weighted by Gasteiger charge is 2.29. The lowest BCUT2D eigenvalue weighted by molar-refractivity contribution is -0.116. The van der Waals surface area contributed by atoms with Crippen LogP contribution in [-0.2, 0) is 4.79 Å². The lowest BCUT2D eigenvalue weighted by Gasteiger charge is -2.26. The molecule has 2 N–H and O–H groups in total. The van der Waals surface area contributed by atoms with Gasteiger partial charge in [0.05, 0.1) is 0 Å². The Morgan fingerprint density at radius 2 is 2.09 bits per heavy atom. The van der Waals surface area contributed by atoms with E-state index in [9.17, 15) is 9.59 Å². The van der Waals surface area contributed by atoms with Crippen molar-refractivity contribution >= 4 is 34.6 Å². The van der Waals surface area contributed by atoms with Gasteiger partial charge in [0.15, 0.2) is 0 Å². The predicted octanol–water partition coefficient (Wildman–Crippen LogP) is 3.06. The average molecular weight is 327 g/mol. The van der Waals surface area contributed by atoms with E-state index in [4.69, 9.17) is 0 Å². The Hall–Kier alpha value is -2.34. The Balaban J connectivity index is 1.74. The molecule has 4 rings (SSSR count). The Morgan fingerprint density at radius 3 is 2.78 bits per heavy atom. The molecule has 2 aliphatic heterocycles. The third-order valence-electron chi connectivity index (χ3n) is 4.35. The van der Waals surface area contributed by atoms with Gasteiger partial charge in [-0.15, -0.1) is 11.3 Å². The molecule has 1 saturated heterocycles. The van der Waals surface area contributed by atoms with E-state index in [2.05, 4.69) is 29.7 Å². The molecule has 3 heterocycles. The molecule has 0 spiro atoms. The van der Waals surface area contributed by atoms with Crippen LogP contribution in [-0.4, -0.2) is 25.0 Å². The first-order chi connectivity index (χ1) is 11.1. The van der Waals surface area contributed by atoms with Gasteiger partial charge in [-0.25, -0.2) is 4.79 Å². The van der Waals surface area contributed by atoms with E-state index in [0.29, 0.717) is 19.5 Å². The number of anilines is 2. The predicted molar refractivity (Wildman–Crippen MR) is 91.3 cm³/mol. The zero-order chi connectivity index (χ0) is 16.0. The van der Waals surface area contributed by atoms with Crippen LogP contribution in [0.5, 0.6) is 0 Å². The standard InChI is InChI=1S/C17H17N3O2S/c1-10-2-5-15(23-10)13-9-16(21)19-14-8-11(3-4-12(13)14)20-7-6-18-17(20)22/h2-5,8,13H,6-7,9H2,1H3,(H,18,22)(H,19,21). The van der Waals surface area contributed by atoms with Crippen LogP contribution < -0.4 is 15.5 Å². The Labute approximate surface area is 138 Å². The number of nitrogens with one attached hydrogen (secondary N) is 2. The Bertz CT molecular complexity index is 799. The van der Waals surface area contributed by atoms with Crippen LogP contribution in [0.2, 0.25) is 0 Å². The van der Waals surface area contributed by atoms with Crippen molar-refractivity contribution in [2.24, 2.45) is 0 Å². The maximum atomic E-state index is 12.1. The van der Waals surface area contributed by atoms with Crippen molar-refractivity contribution < 1.29 is 9.59 Å². The van der Waals surface area contributed by atoms with Crippen LogP contribution in [0.25, 0.3) is 0 Å². The van der Waals surface area contributed by atoms with Crippen molar-refractivity contribution in [3.05, 3.63) is 45.6 Å². The average Bonchev–Trinajstić information content (AvgIpc) is 3.14. The van der Waals surface area contributed by atoms with Crippen molar-refractivity contribution in [3.8, 4) is 0 Å². The van der Waals surface area contributed by atoms with Gasteiger partial charge in [-0.05, 0) is 36.8 Å². The summed E-state index contributed by atoms with van der Waals surface area (Å²) >= 11 is 1.74. The summed E-state index contributed by atoms with van der Waals surface area (Å²) in [6.07, 6.45) is 0.469. The number of benzene rings is 1. The minimum absolute atomic E-state index is 0.0246. The normalized spacial score (nSPS) is 20.2. The van der Waals surface area contributed by atoms with Crippen LogP contribution in [0.4, 0.5) is 16.2 Å². The monoisotopic (exact) mass is 327 g/mol. The summed E-state index contributed by atoms with van der Waals surface area (Å²) in [6, 6.07) is 10.0. The molecule has 118 valence electrons. The van der Waals surface area contributed by atoms with Crippen LogP contribution in [0.3, 0.4) is 0 Å². The third kappa shape index (κ3) is 2.49. The fourth-order valence-electron chi connectivity index (χ4n) is 3.23. The van der Waals surface area contributed by atoms with Crippen LogP contribution in [0.15, 0.2) is 30.3 Å². The van der Waals surface area contributed by atoms with Gasteiger partial charge in [0.1, 0.15) is 0 Å². The van der Waals surface area contributed by atoms with Crippen molar-refractivity contribution in [3.63, 3.8) is 0 Å². The number of aryl methyl sites for hydroxylation is 1. The number of hydrogen-bond donors (Lipinski definition) is 2. The summed E-state index contributed by atoms with van der Waals surface area (Å²) in [6.45, 7) is 3.38. The van der Waals surface area contributed by atoms with E-state index in [0.717, 1.165) is 16.9 Å². The topological polar surface area (TPSA) is 61.4 Å². The molecule has 0 bridgehead atoms. The fourth-order valence-corrected chi connectivity index (χ4v) is 4.23. The Morgan fingerprint density at radius 1 is 1.22 bits per heavy atom. The minimum atomic E-state index is -0.0856. The van der Waals surface area contributed by atoms with Gasteiger partial charge >= 0.3 is 6.03 Å². The van der Waals surface area contributed by atoms with Gasteiger partial charge in [0.2, 0.25) is 5.91 Å². The molecular weight excluding hydrogens is 310 g/mol. The van der Waals surface area contributed by atoms with Crippen LogP contribution in [0, 0.1) is 6.92 Å². The first kappa shape index (κ1) is 14.3. The summed E-state index contributed by atoms with van der Waals surface area (Å²) in [4.78, 5) is 28.1. The molecule has 23 heavy (non-hydrogen) atoms. The van der Waals surface area contributed by atoms with E-state index in [1.807, 2.05) is 18.2 Å². The summed E-state index contributed by atoms with van der Waals surface area (Å²) < 4.78 is 0. The summed E-state index contributed by atoms with van der Waals surface area (Å²) in [5.74, 6) is 0.121. The maximum Gasteiger partial charge on any atom is 0.321 e. The van der Waals surface area contributed by atoms with Crippen molar-refractivity contribution in [1.29, 1.82) is 0 Å². The first-order valence-corrected chi connectivity index (χ1v) is 8.49. The number of urea groups is 1. The molecule has 3 amide bonds. The molecular formula is C17H17N3O2S. The zero-order valence-corrected chi connectivity index (χ0v) is 13.6. The molecule has 2 aliphatic rings. The van der Waals surface area contributed by atoms with E-state index < -0.39 is 0 Å². The third-order valence-corrected chi connectivity index (χ3v) is 5.46. The largest absolute Gasteiger partial charge is 0.336 e. The second-order valence-corrected chi connectivity index (χ2v) is 7.23. The number of fused-ring (bicyclic) bond motifs is 1. The molecule has 1 aromatic heterocycles. The van der Waals surface area contributed by atoms with Gasteiger partial charge < -0.3 is 10.6 Å². The van der Waals surface area contributed by atoms with Gasteiger partial charge in [0, 0.05) is 46.6 Å². The lowest BCUT2D eigenvalue weighted by Crippen LogP contribution is -2.28. The van der Waals surface area contributed by atoms with Crippen LogP contribution >= 0.6 is 11.3 Å². The van der Waals surface area contributed by atoms with Gasteiger partial charge in [-0.1, -0.05) is 6.07 Å². The zero-order valence-electron chi connectivity index (χ0n) is 12.8. The number of amides is 3. The van der Waals surface area contributed by atoms with Crippen molar-refractivity contribution in [2.75, 3.05) is 23.3 Å². The minimum Gasteiger partial charge on any atom is -0.336 e. The van der Waals surface area contributed by atoms with Gasteiger partial charge in [-0.2, -0.15) is 0 Å². The van der Waals surface area contributed by atoms with Gasteiger partial charge in [-0.3, -0.25) is 9.69 Å². The second-order valence-electron chi connectivity index (χ2n) is 5.91. The molecule has 0 radical (unpaired) electrons. The molecule has 1 unspecified atom stereocenters. The highest BCUT2D eigenvalue weighted by atomic mass is 32.1. The SMILES string of the molecule is Cc1ccc(C2CC(=O)Nc3cc(N4CCNC4=O)ccc32)s1. The molecule has 2 aromatic rings. The van der Waals surface area contributed by atoms with E-state index in [1.165, 1.54) is 9.75 Å². The summed E-state index contributed by atoms with van der Waals surface area (Å²) in [7, 11) is 0. The number of rotatable bonds is 2. The molecule has 1 fully saturated rings. The molecule has 1 atom stereocenters. The van der Waals surface area contributed by atoms with Crippen LogP contribution in [0.1, 0.15) is 27.7 Å². The number of nitrogens with zero attached hydrogens (tertiary/aromatic N) is 1. The molecule has 0 saturated carbocycles. The fraction of sp³-hybridized carbons (Fsp3) is 0.294. The number of carbonyl (C=O) groups excluding carboxylic acids is 2. The summed E-state index contributed by atoms with van der Waals surface area (Å²) in [5.41, 5.74) is 2.76. The number of thiophene rings is 1. The van der Waals surface area contributed by atoms with Crippen molar-refractivity contribution in [1.82, 2.24) is 5.32 Å². The summed E-state index contributed by atoms with van der Waals surface area (Å²) in [5, 5.41) is 5.75. The van der Waals surface area contributed by atoms with E-state index in [-0.39, 0.29) is 17.9 Å². The number of hydrogen-bond acceptors (Lipinski definition) is 3. The molecule has 6 heteroatoms. The highest BCUT2D eigenvalue weighted by molar-refractivity contribution is 7.12. The highest BCUT2D eigenvalue weighted by Crippen LogP contribution is 2.41. The van der Waals surface area contributed by atoms with Gasteiger partial charge in [0.25, 0.3) is 0 Å². The molecule has 0 aliphatic carbocycles. The lowest BCUT2D eigenvalue weighted by atomic mass is 9.89. The molecule has 5 nitrogen and oxygen atoms in total. The second kappa shape index (κ2) is 5.38. The quantitative estimate of drug-likeness (QED) is 0.890. The number of carbonyl (C=O) groups is 2. The Kier molecular flexibility index (Phi) is 3.34. The van der Waals surface area contributed by atoms with Crippen molar-refractivity contribution in [2.45, 2.75) is 19.3 Å². The first-order valence-electron chi connectivity index (χ1n) is 7.67. The van der Waals surface area contributed by atoms with E-state index in [1.54, 1.807) is 16.2 Å². The maximum absolute atomic E-state index is 12.1.